The molecule has 2 heterocycles. The summed E-state index contributed by atoms with van der Waals surface area (Å²) in [6.45, 7) is 7.65. The van der Waals surface area contributed by atoms with Crippen LogP contribution in [0, 0.1) is 6.57 Å². The lowest BCUT2D eigenvalue weighted by atomic mass is 9.92. The van der Waals surface area contributed by atoms with Gasteiger partial charge in [-0.25, -0.2) is 34.7 Å². The maximum absolute atomic E-state index is 7.65. The maximum atomic E-state index is 7.65. The van der Waals surface area contributed by atoms with E-state index in [2.05, 4.69) is 59.4 Å². The van der Waals surface area contributed by atoms with Gasteiger partial charge in [-0.1, -0.05) is 194 Å². The topological polar surface area (TPSA) is 81.7 Å². The van der Waals surface area contributed by atoms with Crippen LogP contribution in [-0.2, 0) is 0 Å². The average molecular weight is 794 g/mol. The van der Waals surface area contributed by atoms with Crippen molar-refractivity contribution < 1.29 is 0 Å². The van der Waals surface area contributed by atoms with Crippen LogP contribution in [0.3, 0.4) is 0 Å². The molecule has 0 unspecified atom stereocenters. The van der Waals surface area contributed by atoms with E-state index in [0.717, 1.165) is 66.8 Å². The van der Waals surface area contributed by atoms with Gasteiger partial charge in [-0.05, 0) is 51.6 Å². The van der Waals surface area contributed by atoms with Crippen LogP contribution in [0.2, 0.25) is 0 Å². The first-order chi connectivity index (χ1) is 30.7. The Hall–Kier alpha value is -8.73. The fourth-order valence-corrected chi connectivity index (χ4v) is 7.53. The molecule has 290 valence electrons. The second kappa shape index (κ2) is 16.9. The highest BCUT2D eigenvalue weighted by Crippen LogP contribution is 2.39. The van der Waals surface area contributed by atoms with E-state index in [4.69, 9.17) is 36.5 Å². The highest BCUT2D eigenvalue weighted by molar-refractivity contribution is 5.90. The lowest BCUT2D eigenvalue weighted by Gasteiger charge is -2.16. The minimum Gasteiger partial charge on any atom is -0.238 e. The molecule has 0 aliphatic carbocycles. The summed E-state index contributed by atoms with van der Waals surface area (Å²) in [5.41, 5.74) is 11.7. The van der Waals surface area contributed by atoms with Gasteiger partial charge < -0.3 is 0 Å². The second-order valence-corrected chi connectivity index (χ2v) is 14.6. The minimum atomic E-state index is 0.528. The summed E-state index contributed by atoms with van der Waals surface area (Å²) < 4.78 is 0. The zero-order chi connectivity index (χ0) is 41.7. The van der Waals surface area contributed by atoms with Crippen LogP contribution in [0.15, 0.2) is 212 Å². The molecule has 0 N–H and O–H groups in total. The number of nitrogens with zero attached hydrogens (tertiary/aromatic N) is 7. The molecule has 0 amide bonds. The van der Waals surface area contributed by atoms with Crippen LogP contribution in [0.1, 0.15) is 0 Å². The van der Waals surface area contributed by atoms with Gasteiger partial charge in [0, 0.05) is 33.4 Å². The Morgan fingerprint density at radius 3 is 1.15 bits per heavy atom. The first kappa shape index (κ1) is 37.5. The number of hydrogen-bond donors (Lipinski definition) is 0. The third-order valence-corrected chi connectivity index (χ3v) is 10.6. The summed E-state index contributed by atoms with van der Waals surface area (Å²) in [4.78, 5) is 34.2. The Morgan fingerprint density at radius 1 is 0.242 bits per heavy atom. The van der Waals surface area contributed by atoms with E-state index in [0.29, 0.717) is 40.6 Å². The Morgan fingerprint density at radius 2 is 0.629 bits per heavy atom. The Kier molecular flexibility index (Phi) is 10.2. The molecule has 0 atom stereocenters. The van der Waals surface area contributed by atoms with Gasteiger partial charge in [0.15, 0.2) is 40.6 Å². The molecule has 0 bridgehead atoms. The number of aromatic nitrogens is 6. The summed E-state index contributed by atoms with van der Waals surface area (Å²) in [6.07, 6.45) is 0. The van der Waals surface area contributed by atoms with Crippen LogP contribution in [-0.4, -0.2) is 29.9 Å². The van der Waals surface area contributed by atoms with E-state index >= 15 is 0 Å². The maximum Gasteiger partial charge on any atom is 0.187 e. The highest BCUT2D eigenvalue weighted by Gasteiger charge is 2.20. The van der Waals surface area contributed by atoms with Gasteiger partial charge in [-0.15, -0.1) is 0 Å². The zero-order valence-electron chi connectivity index (χ0n) is 33.3. The molecule has 10 aromatic rings. The monoisotopic (exact) mass is 793 g/mol. The van der Waals surface area contributed by atoms with Crippen molar-refractivity contribution in [1.29, 1.82) is 0 Å². The molecule has 62 heavy (non-hydrogen) atoms. The standard InChI is InChI=1S/C55H35N7/c1-56-45-32-29-38(30-33-45)49-36-43(46-27-14-15-28-47(46)54-59-50(39-19-8-3-9-20-39)57-51(60-54)40-21-10-4-11-22-40)31-34-48(49)55-61-52(41-23-12-5-13-24-41)58-53(62-55)44-26-16-25-42(35-44)37-17-6-2-7-18-37/h2-36H. The molecule has 0 fully saturated rings. The van der Waals surface area contributed by atoms with Crippen molar-refractivity contribution in [2.75, 3.05) is 0 Å². The van der Waals surface area contributed by atoms with E-state index in [1.807, 2.05) is 158 Å². The van der Waals surface area contributed by atoms with Crippen molar-refractivity contribution in [2.45, 2.75) is 0 Å². The van der Waals surface area contributed by atoms with Crippen molar-refractivity contribution in [3.8, 4) is 102 Å². The Labute approximate surface area is 359 Å². The van der Waals surface area contributed by atoms with Crippen molar-refractivity contribution in [1.82, 2.24) is 29.9 Å². The molecule has 0 radical (unpaired) electrons. The number of hydrogen-bond acceptors (Lipinski definition) is 6. The first-order valence-corrected chi connectivity index (χ1v) is 20.2. The lowest BCUT2D eigenvalue weighted by molar-refractivity contribution is 1.07. The third-order valence-electron chi connectivity index (χ3n) is 10.6. The smallest absolute Gasteiger partial charge is 0.187 e. The Balaban J connectivity index is 1.15. The summed E-state index contributed by atoms with van der Waals surface area (Å²) in [5.74, 6) is 3.41. The van der Waals surface area contributed by atoms with Crippen LogP contribution >= 0.6 is 0 Å². The quantitative estimate of drug-likeness (QED) is 0.135. The van der Waals surface area contributed by atoms with E-state index in [1.165, 1.54) is 0 Å². The summed E-state index contributed by atoms with van der Waals surface area (Å²) in [5, 5.41) is 0. The first-order valence-electron chi connectivity index (χ1n) is 20.2. The minimum absolute atomic E-state index is 0.528. The summed E-state index contributed by atoms with van der Waals surface area (Å²) in [6, 6.07) is 70.8. The largest absolute Gasteiger partial charge is 0.238 e. The normalized spacial score (nSPS) is 10.9. The molecule has 2 aromatic heterocycles. The fourth-order valence-electron chi connectivity index (χ4n) is 7.53. The van der Waals surface area contributed by atoms with Crippen molar-refractivity contribution in [2.24, 2.45) is 0 Å². The van der Waals surface area contributed by atoms with Crippen LogP contribution in [0.5, 0.6) is 0 Å². The lowest BCUT2D eigenvalue weighted by Crippen LogP contribution is -2.02. The molecule has 0 aliphatic rings. The second-order valence-electron chi connectivity index (χ2n) is 14.6. The molecule has 7 nitrogen and oxygen atoms in total. The molecular formula is C55H35N7. The highest BCUT2D eigenvalue weighted by atomic mass is 15.0. The molecule has 10 rings (SSSR count). The van der Waals surface area contributed by atoms with E-state index in [-0.39, 0.29) is 0 Å². The van der Waals surface area contributed by atoms with Gasteiger partial charge >= 0.3 is 0 Å². The molecule has 0 saturated heterocycles. The van der Waals surface area contributed by atoms with Crippen LogP contribution in [0.25, 0.3) is 107 Å². The van der Waals surface area contributed by atoms with Crippen molar-refractivity contribution in [3.05, 3.63) is 224 Å². The predicted molar refractivity (Wildman–Crippen MR) is 248 cm³/mol. The van der Waals surface area contributed by atoms with Crippen LogP contribution < -0.4 is 0 Å². The van der Waals surface area contributed by atoms with E-state index < -0.39 is 0 Å². The zero-order valence-corrected chi connectivity index (χ0v) is 33.3. The molecule has 0 aliphatic heterocycles. The van der Waals surface area contributed by atoms with Gasteiger partial charge in [0.25, 0.3) is 0 Å². The van der Waals surface area contributed by atoms with Gasteiger partial charge in [0.2, 0.25) is 0 Å². The Bertz CT molecular complexity index is 3160. The molecule has 0 saturated carbocycles. The van der Waals surface area contributed by atoms with Gasteiger partial charge in [0.05, 0.1) is 6.57 Å². The molecule has 8 aromatic carbocycles. The van der Waals surface area contributed by atoms with E-state index in [1.54, 1.807) is 0 Å². The third kappa shape index (κ3) is 7.75. The average Bonchev–Trinajstić information content (AvgIpc) is 3.37. The van der Waals surface area contributed by atoms with Crippen molar-refractivity contribution >= 4 is 5.69 Å². The van der Waals surface area contributed by atoms with E-state index in [9.17, 15) is 0 Å². The molecule has 0 spiro atoms. The summed E-state index contributed by atoms with van der Waals surface area (Å²) in [7, 11) is 0. The number of rotatable bonds is 9. The van der Waals surface area contributed by atoms with Crippen LogP contribution in [0.4, 0.5) is 5.69 Å². The molecular weight excluding hydrogens is 759 g/mol. The van der Waals surface area contributed by atoms with Gasteiger partial charge in [-0.3, -0.25) is 0 Å². The fraction of sp³-hybridized carbons (Fsp3) is 0. The summed E-state index contributed by atoms with van der Waals surface area (Å²) >= 11 is 0. The predicted octanol–water partition coefficient (Wildman–Crippen LogP) is 13.6. The SMILES string of the molecule is [C-]#[N+]c1ccc(-c2cc(-c3ccccc3-c3nc(-c4ccccc4)nc(-c4ccccc4)n3)ccc2-c2nc(-c3ccccc3)nc(-c3cccc(-c4ccccc4)c3)n2)cc1. The number of benzene rings is 8. The molecule has 7 heteroatoms. The van der Waals surface area contributed by atoms with Crippen molar-refractivity contribution in [3.63, 3.8) is 0 Å². The van der Waals surface area contributed by atoms with Gasteiger partial charge in [-0.2, -0.15) is 0 Å². The van der Waals surface area contributed by atoms with Gasteiger partial charge in [0.1, 0.15) is 0 Å².